The van der Waals surface area contributed by atoms with Crippen LogP contribution in [0.3, 0.4) is 0 Å². The van der Waals surface area contributed by atoms with Gasteiger partial charge in [0, 0.05) is 32.4 Å². The van der Waals surface area contributed by atoms with Gasteiger partial charge in [-0.05, 0) is 31.2 Å². The molecule has 1 N–H and O–H groups in total. The van der Waals surface area contributed by atoms with Crippen LogP contribution in [0.4, 0.5) is 11.9 Å². The molecule has 2 aliphatic heterocycles. The number of rotatable bonds is 6. The second-order valence-corrected chi connectivity index (χ2v) is 7.68. The van der Waals surface area contributed by atoms with Crippen molar-refractivity contribution >= 4 is 29.6 Å². The van der Waals surface area contributed by atoms with Gasteiger partial charge in [-0.25, -0.2) is 4.98 Å². The molecule has 4 rings (SSSR count). The zero-order chi connectivity index (χ0) is 20.1. The van der Waals surface area contributed by atoms with Gasteiger partial charge in [-0.15, -0.1) is 11.8 Å². The number of hydrogen-bond donors (Lipinski definition) is 1. The summed E-state index contributed by atoms with van der Waals surface area (Å²) in [4.78, 5) is 35.2. The second-order valence-electron chi connectivity index (χ2n) is 6.89. The van der Waals surface area contributed by atoms with E-state index < -0.39 is 0 Å². The number of amides is 1. The molecule has 2 aromatic heterocycles. The van der Waals surface area contributed by atoms with E-state index in [1.54, 1.807) is 18.3 Å². The van der Waals surface area contributed by atoms with Crippen LogP contribution >= 0.6 is 11.8 Å². The van der Waals surface area contributed by atoms with E-state index in [-0.39, 0.29) is 12.5 Å². The number of carbonyl (C=O) groups is 1. The molecule has 1 amide bonds. The molecule has 2 fully saturated rings. The van der Waals surface area contributed by atoms with E-state index in [4.69, 9.17) is 9.72 Å². The van der Waals surface area contributed by atoms with Crippen LogP contribution in [0.5, 0.6) is 0 Å². The second kappa shape index (κ2) is 9.36. The van der Waals surface area contributed by atoms with E-state index in [1.807, 2.05) is 6.26 Å². The Morgan fingerprint density at radius 1 is 1.10 bits per heavy atom. The van der Waals surface area contributed by atoms with Crippen molar-refractivity contribution in [1.29, 1.82) is 0 Å². The number of hydrogen-bond acceptors (Lipinski definition) is 9. The Kier molecular flexibility index (Phi) is 6.40. The van der Waals surface area contributed by atoms with Crippen LogP contribution in [-0.2, 0) is 11.3 Å². The monoisotopic (exact) mass is 415 g/mol. The number of morpholine rings is 1. The summed E-state index contributed by atoms with van der Waals surface area (Å²) in [5.41, 5.74) is 0.558. The Morgan fingerprint density at radius 3 is 2.48 bits per heavy atom. The number of anilines is 2. The zero-order valence-corrected chi connectivity index (χ0v) is 17.3. The van der Waals surface area contributed by atoms with Gasteiger partial charge in [-0.2, -0.15) is 15.0 Å². The number of thioether (sulfide) groups is 1. The molecule has 0 atom stereocenters. The molecule has 10 heteroatoms. The molecule has 0 aliphatic carbocycles. The van der Waals surface area contributed by atoms with Crippen molar-refractivity contribution in [3.63, 3.8) is 0 Å². The van der Waals surface area contributed by atoms with E-state index in [0.29, 0.717) is 41.5 Å². The lowest BCUT2D eigenvalue weighted by Crippen LogP contribution is -2.38. The smallest absolute Gasteiger partial charge is 0.254 e. The SMILES string of the molecule is CSc1ncccc1C(=O)NCc1nc(N2CCCC2)nc(N2CCOCC2)n1. The lowest BCUT2D eigenvalue weighted by molar-refractivity contribution is 0.0946. The molecule has 0 spiro atoms. The highest BCUT2D eigenvalue weighted by Crippen LogP contribution is 2.20. The highest BCUT2D eigenvalue weighted by Gasteiger charge is 2.21. The van der Waals surface area contributed by atoms with E-state index in [1.165, 1.54) is 11.8 Å². The number of aromatic nitrogens is 4. The van der Waals surface area contributed by atoms with Crippen molar-refractivity contribution in [3.05, 3.63) is 29.7 Å². The number of nitrogens with one attached hydrogen (secondary N) is 1. The fourth-order valence-electron chi connectivity index (χ4n) is 3.42. The summed E-state index contributed by atoms with van der Waals surface area (Å²) in [6.45, 7) is 4.97. The average molecular weight is 416 g/mol. The van der Waals surface area contributed by atoms with Gasteiger partial charge in [0.2, 0.25) is 11.9 Å². The van der Waals surface area contributed by atoms with Gasteiger partial charge >= 0.3 is 0 Å². The third-order valence-corrected chi connectivity index (χ3v) is 5.67. The summed E-state index contributed by atoms with van der Waals surface area (Å²) < 4.78 is 5.44. The molecule has 2 aliphatic rings. The van der Waals surface area contributed by atoms with Crippen molar-refractivity contribution in [2.24, 2.45) is 0 Å². The van der Waals surface area contributed by atoms with Crippen LogP contribution in [0.2, 0.25) is 0 Å². The fourth-order valence-corrected chi connectivity index (χ4v) is 3.97. The van der Waals surface area contributed by atoms with Crippen LogP contribution in [-0.4, -0.2) is 71.5 Å². The summed E-state index contributed by atoms with van der Waals surface area (Å²) in [5.74, 6) is 1.72. The van der Waals surface area contributed by atoms with Crippen molar-refractivity contribution < 1.29 is 9.53 Å². The summed E-state index contributed by atoms with van der Waals surface area (Å²) >= 11 is 1.45. The third-order valence-electron chi connectivity index (χ3n) is 4.96. The Morgan fingerprint density at radius 2 is 1.79 bits per heavy atom. The van der Waals surface area contributed by atoms with Gasteiger partial charge in [-0.1, -0.05) is 0 Å². The minimum atomic E-state index is -0.182. The topological polar surface area (TPSA) is 96.4 Å². The lowest BCUT2D eigenvalue weighted by Gasteiger charge is -2.28. The summed E-state index contributed by atoms with van der Waals surface area (Å²) in [5, 5.41) is 3.63. The van der Waals surface area contributed by atoms with E-state index >= 15 is 0 Å². The van der Waals surface area contributed by atoms with Crippen LogP contribution in [0.15, 0.2) is 23.4 Å². The normalized spacial score (nSPS) is 16.9. The maximum atomic E-state index is 12.7. The molecule has 0 radical (unpaired) electrons. The molecule has 29 heavy (non-hydrogen) atoms. The molecule has 0 saturated carbocycles. The summed E-state index contributed by atoms with van der Waals surface area (Å²) in [6, 6.07) is 3.54. The number of nitrogens with zero attached hydrogens (tertiary/aromatic N) is 6. The van der Waals surface area contributed by atoms with Gasteiger partial charge in [-0.3, -0.25) is 4.79 Å². The average Bonchev–Trinajstić information content (AvgIpc) is 3.33. The van der Waals surface area contributed by atoms with Gasteiger partial charge in [0.25, 0.3) is 5.91 Å². The standard InChI is InChI=1S/C19H25N7O2S/c1-29-17-14(5-4-6-20-17)16(27)21-13-15-22-18(25-7-2-3-8-25)24-19(23-15)26-9-11-28-12-10-26/h4-6H,2-3,7-13H2,1H3,(H,21,27). The Balaban J connectivity index is 1.53. The summed E-state index contributed by atoms with van der Waals surface area (Å²) in [7, 11) is 0. The zero-order valence-electron chi connectivity index (χ0n) is 16.5. The molecular formula is C19H25N7O2S. The van der Waals surface area contributed by atoms with Crippen molar-refractivity contribution in [2.45, 2.75) is 24.4 Å². The first-order valence-corrected chi connectivity index (χ1v) is 11.1. The Labute approximate surface area is 174 Å². The summed E-state index contributed by atoms with van der Waals surface area (Å²) in [6.07, 6.45) is 5.87. The first kappa shape index (κ1) is 19.8. The maximum absolute atomic E-state index is 12.7. The lowest BCUT2D eigenvalue weighted by atomic mass is 10.2. The largest absolute Gasteiger partial charge is 0.378 e. The molecule has 2 aromatic rings. The molecule has 0 bridgehead atoms. The Hall–Kier alpha value is -2.46. The molecule has 9 nitrogen and oxygen atoms in total. The molecular weight excluding hydrogens is 390 g/mol. The quantitative estimate of drug-likeness (QED) is 0.701. The van der Waals surface area contributed by atoms with Crippen molar-refractivity contribution in [2.75, 3.05) is 55.4 Å². The predicted molar refractivity (Wildman–Crippen MR) is 111 cm³/mol. The Bertz CT molecular complexity index is 854. The highest BCUT2D eigenvalue weighted by molar-refractivity contribution is 7.98. The van der Waals surface area contributed by atoms with Gasteiger partial charge in [0.1, 0.15) is 5.03 Å². The van der Waals surface area contributed by atoms with Crippen LogP contribution in [0, 0.1) is 0 Å². The first-order valence-electron chi connectivity index (χ1n) is 9.84. The van der Waals surface area contributed by atoms with E-state index in [2.05, 4.69) is 30.1 Å². The first-order chi connectivity index (χ1) is 14.2. The van der Waals surface area contributed by atoms with Crippen LogP contribution in [0.1, 0.15) is 29.0 Å². The van der Waals surface area contributed by atoms with Crippen LogP contribution in [0.25, 0.3) is 0 Å². The van der Waals surface area contributed by atoms with Crippen molar-refractivity contribution in [1.82, 2.24) is 25.3 Å². The number of ether oxygens (including phenoxy) is 1. The fraction of sp³-hybridized carbons (Fsp3) is 0.526. The van der Waals surface area contributed by atoms with Gasteiger partial charge < -0.3 is 19.9 Å². The van der Waals surface area contributed by atoms with E-state index in [9.17, 15) is 4.79 Å². The number of pyridine rings is 1. The van der Waals surface area contributed by atoms with E-state index in [0.717, 1.165) is 39.0 Å². The third kappa shape index (κ3) is 4.76. The molecule has 154 valence electrons. The number of carbonyl (C=O) groups excluding carboxylic acids is 1. The minimum absolute atomic E-state index is 0.182. The highest BCUT2D eigenvalue weighted by atomic mass is 32.2. The molecule has 0 aromatic carbocycles. The predicted octanol–water partition coefficient (Wildman–Crippen LogP) is 1.36. The van der Waals surface area contributed by atoms with Gasteiger partial charge in [0.05, 0.1) is 25.3 Å². The minimum Gasteiger partial charge on any atom is -0.378 e. The van der Waals surface area contributed by atoms with Crippen molar-refractivity contribution in [3.8, 4) is 0 Å². The van der Waals surface area contributed by atoms with Gasteiger partial charge in [0.15, 0.2) is 5.82 Å². The molecule has 4 heterocycles. The maximum Gasteiger partial charge on any atom is 0.254 e. The molecule has 0 unspecified atom stereocenters. The molecule has 2 saturated heterocycles. The van der Waals surface area contributed by atoms with Crippen LogP contribution < -0.4 is 15.1 Å².